The molecular formula is C13H19N3O3S. The molecule has 110 valence electrons. The second kappa shape index (κ2) is 5.75. The van der Waals surface area contributed by atoms with E-state index in [2.05, 4.69) is 9.88 Å². The van der Waals surface area contributed by atoms with Crippen molar-refractivity contribution in [3.8, 4) is 0 Å². The maximum Gasteiger partial charge on any atom is 0.328 e. The lowest BCUT2D eigenvalue weighted by atomic mass is 10.2. The number of nitrogens with zero attached hydrogens (tertiary/aromatic N) is 2. The van der Waals surface area contributed by atoms with Crippen LogP contribution in [0.4, 0.5) is 0 Å². The van der Waals surface area contributed by atoms with Crippen molar-refractivity contribution in [3.63, 3.8) is 0 Å². The number of ether oxygens (including phenoxy) is 1. The maximum atomic E-state index is 12.1. The van der Waals surface area contributed by atoms with E-state index in [-0.39, 0.29) is 17.3 Å². The lowest BCUT2D eigenvalue weighted by Gasteiger charge is -2.31. The molecule has 2 saturated heterocycles. The Balaban J connectivity index is 1.92. The van der Waals surface area contributed by atoms with Gasteiger partial charge in [0.1, 0.15) is 0 Å². The number of aromatic amines is 1. The van der Waals surface area contributed by atoms with Gasteiger partial charge in [-0.2, -0.15) is 11.8 Å². The first-order chi connectivity index (χ1) is 9.66. The molecule has 1 aromatic heterocycles. The van der Waals surface area contributed by atoms with Crippen molar-refractivity contribution in [1.29, 1.82) is 0 Å². The monoisotopic (exact) mass is 297 g/mol. The van der Waals surface area contributed by atoms with Crippen LogP contribution in [0.1, 0.15) is 17.3 Å². The molecule has 3 rings (SSSR count). The number of aromatic nitrogens is 2. The Labute approximate surface area is 121 Å². The molecule has 0 aromatic carbocycles. The van der Waals surface area contributed by atoms with E-state index >= 15 is 0 Å². The molecule has 0 spiro atoms. The van der Waals surface area contributed by atoms with Crippen molar-refractivity contribution in [1.82, 2.24) is 14.5 Å². The summed E-state index contributed by atoms with van der Waals surface area (Å²) in [6.07, 6.45) is 0. The Bertz CT molecular complexity index is 600. The Morgan fingerprint density at radius 1 is 1.30 bits per heavy atom. The van der Waals surface area contributed by atoms with E-state index in [0.29, 0.717) is 25.3 Å². The average Bonchev–Trinajstić information content (AvgIpc) is 2.38. The number of nitrogens with one attached hydrogen (secondary N) is 1. The van der Waals surface area contributed by atoms with Crippen LogP contribution in [0.2, 0.25) is 0 Å². The summed E-state index contributed by atoms with van der Waals surface area (Å²) in [6.45, 7) is 5.54. The van der Waals surface area contributed by atoms with E-state index in [0.717, 1.165) is 30.3 Å². The van der Waals surface area contributed by atoms with Gasteiger partial charge < -0.3 is 4.74 Å². The van der Waals surface area contributed by atoms with Crippen molar-refractivity contribution in [2.24, 2.45) is 0 Å². The van der Waals surface area contributed by atoms with E-state index in [9.17, 15) is 9.59 Å². The minimum Gasteiger partial charge on any atom is -0.379 e. The van der Waals surface area contributed by atoms with Crippen LogP contribution in [-0.4, -0.2) is 52.3 Å². The van der Waals surface area contributed by atoms with Gasteiger partial charge in [0.15, 0.2) is 0 Å². The Hall–Kier alpha value is -1.05. The second-order valence-corrected chi connectivity index (χ2v) is 6.35. The number of thioether (sulfide) groups is 1. The third-order valence-corrected chi connectivity index (χ3v) is 5.22. The molecule has 7 heteroatoms. The Morgan fingerprint density at radius 3 is 2.60 bits per heavy atom. The van der Waals surface area contributed by atoms with E-state index in [1.807, 2.05) is 18.7 Å². The minimum absolute atomic E-state index is 0.229. The predicted octanol–water partition coefficient (Wildman–Crippen LogP) is -0.0349. The summed E-state index contributed by atoms with van der Waals surface area (Å²) in [6, 6.07) is 0.229. The van der Waals surface area contributed by atoms with E-state index in [4.69, 9.17) is 4.74 Å². The highest BCUT2D eigenvalue weighted by Crippen LogP contribution is 2.29. The van der Waals surface area contributed by atoms with E-state index < -0.39 is 0 Å². The highest BCUT2D eigenvalue weighted by molar-refractivity contribution is 8.00. The summed E-state index contributed by atoms with van der Waals surface area (Å²) < 4.78 is 7.08. The van der Waals surface area contributed by atoms with E-state index in [1.165, 1.54) is 0 Å². The van der Waals surface area contributed by atoms with Gasteiger partial charge in [0.25, 0.3) is 5.56 Å². The largest absolute Gasteiger partial charge is 0.379 e. The molecule has 0 aliphatic carbocycles. The molecule has 1 aromatic rings. The molecule has 0 saturated carbocycles. The summed E-state index contributed by atoms with van der Waals surface area (Å²) in [5.74, 6) is 1.90. The zero-order chi connectivity index (χ0) is 14.1. The number of rotatable bonds is 3. The smallest absolute Gasteiger partial charge is 0.328 e. The van der Waals surface area contributed by atoms with Crippen LogP contribution in [-0.2, 0) is 11.3 Å². The first-order valence-corrected chi connectivity index (χ1v) is 8.04. The molecule has 0 bridgehead atoms. The first kappa shape index (κ1) is 13.9. The summed E-state index contributed by atoms with van der Waals surface area (Å²) in [4.78, 5) is 28.8. The molecule has 2 aliphatic rings. The number of hydrogen-bond acceptors (Lipinski definition) is 5. The topological polar surface area (TPSA) is 67.3 Å². The summed E-state index contributed by atoms with van der Waals surface area (Å²) in [5.41, 5.74) is 1.00. The Kier molecular flexibility index (Phi) is 4.00. The van der Waals surface area contributed by atoms with Gasteiger partial charge in [-0.25, -0.2) is 4.79 Å². The molecule has 6 nitrogen and oxygen atoms in total. The molecule has 2 fully saturated rings. The number of morpholine rings is 1. The van der Waals surface area contributed by atoms with Gasteiger partial charge in [0, 0.05) is 36.8 Å². The van der Waals surface area contributed by atoms with Crippen LogP contribution in [0.3, 0.4) is 0 Å². The predicted molar refractivity (Wildman–Crippen MR) is 78.5 cm³/mol. The van der Waals surface area contributed by atoms with Gasteiger partial charge in [-0.05, 0) is 6.92 Å². The molecule has 1 N–H and O–H groups in total. The highest BCUT2D eigenvalue weighted by atomic mass is 32.2. The molecule has 0 atom stereocenters. The van der Waals surface area contributed by atoms with Crippen molar-refractivity contribution < 1.29 is 4.74 Å². The van der Waals surface area contributed by atoms with Gasteiger partial charge in [-0.15, -0.1) is 0 Å². The SMILES string of the molecule is Cc1c(CN2CCOCC2)c(=O)[nH]c(=O)n1C1CSC1. The van der Waals surface area contributed by atoms with E-state index in [1.54, 1.807) is 4.57 Å². The maximum absolute atomic E-state index is 12.1. The van der Waals surface area contributed by atoms with Crippen molar-refractivity contribution in [2.75, 3.05) is 37.8 Å². The fourth-order valence-corrected chi connectivity index (χ4v) is 3.42. The third kappa shape index (κ3) is 2.57. The summed E-state index contributed by atoms with van der Waals surface area (Å²) in [7, 11) is 0. The highest BCUT2D eigenvalue weighted by Gasteiger charge is 2.25. The quantitative estimate of drug-likeness (QED) is 0.848. The van der Waals surface area contributed by atoms with Crippen molar-refractivity contribution in [3.05, 3.63) is 32.1 Å². The lowest BCUT2D eigenvalue weighted by molar-refractivity contribution is 0.0338. The zero-order valence-electron chi connectivity index (χ0n) is 11.6. The Morgan fingerprint density at radius 2 is 2.00 bits per heavy atom. The molecule has 3 heterocycles. The average molecular weight is 297 g/mol. The molecule has 0 radical (unpaired) electrons. The van der Waals surface area contributed by atoms with Gasteiger partial charge >= 0.3 is 5.69 Å². The molecular weight excluding hydrogens is 278 g/mol. The summed E-state index contributed by atoms with van der Waals surface area (Å²) >= 11 is 1.82. The van der Waals surface area contributed by atoms with Gasteiger partial charge in [-0.1, -0.05) is 0 Å². The van der Waals surface area contributed by atoms with Crippen LogP contribution in [0.15, 0.2) is 9.59 Å². The van der Waals surface area contributed by atoms with Crippen LogP contribution >= 0.6 is 11.8 Å². The third-order valence-electron chi connectivity index (χ3n) is 3.98. The van der Waals surface area contributed by atoms with Crippen molar-refractivity contribution in [2.45, 2.75) is 19.5 Å². The molecule has 2 aliphatic heterocycles. The molecule has 20 heavy (non-hydrogen) atoms. The summed E-state index contributed by atoms with van der Waals surface area (Å²) in [5, 5.41) is 0. The van der Waals surface area contributed by atoms with Gasteiger partial charge in [-0.3, -0.25) is 19.2 Å². The molecule has 0 unspecified atom stereocenters. The second-order valence-electron chi connectivity index (χ2n) is 5.27. The van der Waals surface area contributed by atoms with Crippen LogP contribution in [0.25, 0.3) is 0 Å². The minimum atomic E-state index is -0.275. The lowest BCUT2D eigenvalue weighted by Crippen LogP contribution is -2.43. The van der Waals surface area contributed by atoms with Crippen LogP contribution in [0.5, 0.6) is 0 Å². The van der Waals surface area contributed by atoms with Crippen LogP contribution < -0.4 is 11.2 Å². The first-order valence-electron chi connectivity index (χ1n) is 6.89. The number of hydrogen-bond donors (Lipinski definition) is 1. The number of H-pyrrole nitrogens is 1. The standard InChI is InChI=1S/C13H19N3O3S/c1-9-11(6-15-2-4-19-5-3-15)12(17)14-13(18)16(9)10-7-20-8-10/h10H,2-8H2,1H3,(H,14,17,18). The zero-order valence-corrected chi connectivity index (χ0v) is 12.4. The molecule has 0 amide bonds. The normalized spacial score (nSPS) is 20.9. The van der Waals surface area contributed by atoms with Gasteiger partial charge in [0.2, 0.25) is 0 Å². The fraction of sp³-hybridized carbons (Fsp3) is 0.692. The van der Waals surface area contributed by atoms with Crippen LogP contribution in [0, 0.1) is 6.92 Å². The fourth-order valence-electron chi connectivity index (χ4n) is 2.68. The van der Waals surface area contributed by atoms with Gasteiger partial charge in [0.05, 0.1) is 24.8 Å². The van der Waals surface area contributed by atoms with Crippen molar-refractivity contribution >= 4 is 11.8 Å².